The highest BCUT2D eigenvalue weighted by Crippen LogP contribution is 2.25. The maximum Gasteiger partial charge on any atom is 0.326 e. The number of aryl methyl sites for hydroxylation is 3. The molecule has 3 N–H and O–H groups in total. The molecule has 7 nitrogen and oxygen atoms in total. The van der Waals surface area contributed by atoms with Crippen molar-refractivity contribution >= 4 is 17.5 Å². The van der Waals surface area contributed by atoms with Gasteiger partial charge in [-0.2, -0.15) is 5.10 Å². The largest absolute Gasteiger partial charge is 0.480 e. The molecular formula is C28H30FN5O2. The Balaban J connectivity index is 1.42. The minimum atomic E-state index is -0.961. The zero-order chi connectivity index (χ0) is 25.7. The van der Waals surface area contributed by atoms with Gasteiger partial charge < -0.3 is 15.7 Å². The van der Waals surface area contributed by atoms with Crippen LogP contribution in [0.25, 0.3) is 5.69 Å². The molecule has 4 rings (SSSR count). The molecule has 0 saturated carbocycles. The van der Waals surface area contributed by atoms with Crippen molar-refractivity contribution in [1.29, 1.82) is 0 Å². The molecule has 0 spiro atoms. The molecule has 2 aromatic heterocycles. The molecule has 0 radical (unpaired) electrons. The van der Waals surface area contributed by atoms with Crippen molar-refractivity contribution in [1.82, 2.24) is 14.8 Å². The minimum Gasteiger partial charge on any atom is -0.480 e. The first-order valence-corrected chi connectivity index (χ1v) is 11.9. The number of benzene rings is 2. The van der Waals surface area contributed by atoms with Crippen molar-refractivity contribution in [3.8, 4) is 5.69 Å². The molecular weight excluding hydrogens is 457 g/mol. The summed E-state index contributed by atoms with van der Waals surface area (Å²) in [5.74, 6) is -0.463. The first kappa shape index (κ1) is 24.9. The lowest BCUT2D eigenvalue weighted by Gasteiger charge is -2.20. The first-order valence-electron chi connectivity index (χ1n) is 11.9. The predicted molar refractivity (Wildman–Crippen MR) is 139 cm³/mol. The van der Waals surface area contributed by atoms with E-state index in [4.69, 9.17) is 0 Å². The van der Waals surface area contributed by atoms with Crippen LogP contribution in [0.15, 0.2) is 67.1 Å². The number of nitrogens with zero attached hydrogens (tertiary/aromatic N) is 3. The van der Waals surface area contributed by atoms with Gasteiger partial charge in [0.25, 0.3) is 0 Å². The Morgan fingerprint density at radius 1 is 1.11 bits per heavy atom. The monoisotopic (exact) mass is 487 g/mol. The second-order valence-corrected chi connectivity index (χ2v) is 8.88. The maximum absolute atomic E-state index is 13.8. The molecule has 0 aliphatic carbocycles. The molecule has 0 bridgehead atoms. The van der Waals surface area contributed by atoms with Crippen molar-refractivity contribution in [3.05, 3.63) is 101 Å². The quantitative estimate of drug-likeness (QED) is 0.281. The Kier molecular flexibility index (Phi) is 7.63. The molecule has 186 valence electrons. The van der Waals surface area contributed by atoms with E-state index in [0.717, 1.165) is 33.8 Å². The van der Waals surface area contributed by atoms with Crippen molar-refractivity contribution in [3.63, 3.8) is 0 Å². The molecule has 1 atom stereocenters. The lowest BCUT2D eigenvalue weighted by molar-refractivity contribution is -0.137. The Bertz CT molecular complexity index is 1350. The minimum absolute atomic E-state index is 0.285. The van der Waals surface area contributed by atoms with Gasteiger partial charge in [0.15, 0.2) is 0 Å². The predicted octanol–water partition coefficient (Wildman–Crippen LogP) is 5.31. The number of pyridine rings is 1. The summed E-state index contributed by atoms with van der Waals surface area (Å²) in [6, 6.07) is 13.6. The highest BCUT2D eigenvalue weighted by molar-refractivity contribution is 5.79. The van der Waals surface area contributed by atoms with E-state index in [2.05, 4.69) is 20.7 Å². The lowest BCUT2D eigenvalue weighted by atomic mass is 10.0. The van der Waals surface area contributed by atoms with Crippen LogP contribution in [0.4, 0.5) is 15.9 Å². The number of hydrogen-bond acceptors (Lipinski definition) is 5. The van der Waals surface area contributed by atoms with E-state index in [0.29, 0.717) is 24.2 Å². The summed E-state index contributed by atoms with van der Waals surface area (Å²) < 4.78 is 15.6. The third kappa shape index (κ3) is 6.07. The Morgan fingerprint density at radius 2 is 1.89 bits per heavy atom. The molecule has 0 amide bonds. The van der Waals surface area contributed by atoms with Crippen LogP contribution in [0.5, 0.6) is 0 Å². The van der Waals surface area contributed by atoms with Crippen LogP contribution < -0.4 is 10.6 Å². The molecule has 8 heteroatoms. The fourth-order valence-corrected chi connectivity index (χ4v) is 4.11. The van der Waals surface area contributed by atoms with Crippen molar-refractivity contribution in [2.45, 2.75) is 46.2 Å². The SMILES string of the molecule is CCc1cc(F)cc(C)c1NC(Cc1ccc(-n2cc(CNc3cc(C)ccn3)cn2)cc1)C(=O)O. The van der Waals surface area contributed by atoms with Gasteiger partial charge in [0.05, 0.1) is 11.9 Å². The van der Waals surface area contributed by atoms with Crippen molar-refractivity contribution in [2.75, 3.05) is 10.6 Å². The third-order valence-electron chi connectivity index (χ3n) is 6.05. The molecule has 0 fully saturated rings. The lowest BCUT2D eigenvalue weighted by Crippen LogP contribution is -2.32. The Hall–Kier alpha value is -4.20. The van der Waals surface area contributed by atoms with Crippen LogP contribution in [0.1, 0.15) is 34.7 Å². The fraction of sp³-hybridized carbons (Fsp3) is 0.250. The molecule has 0 aliphatic rings. The average molecular weight is 488 g/mol. The van der Waals surface area contributed by atoms with Gasteiger partial charge in [-0.05, 0) is 78.9 Å². The number of carboxylic acids is 1. The maximum atomic E-state index is 13.8. The molecule has 0 saturated heterocycles. The van der Waals surface area contributed by atoms with Crippen LogP contribution in [0.3, 0.4) is 0 Å². The number of carbonyl (C=O) groups is 1. The van der Waals surface area contributed by atoms with Crippen LogP contribution in [-0.2, 0) is 24.2 Å². The smallest absolute Gasteiger partial charge is 0.326 e. The second-order valence-electron chi connectivity index (χ2n) is 8.88. The molecule has 1 unspecified atom stereocenters. The van der Waals surface area contributed by atoms with Gasteiger partial charge in [0.2, 0.25) is 0 Å². The van der Waals surface area contributed by atoms with Gasteiger partial charge in [-0.1, -0.05) is 19.1 Å². The number of rotatable bonds is 10. The topological polar surface area (TPSA) is 92.1 Å². The third-order valence-corrected chi connectivity index (χ3v) is 6.05. The number of carboxylic acid groups (broad SMARTS) is 1. The van der Waals surface area contributed by atoms with E-state index in [1.807, 2.05) is 56.4 Å². The summed E-state index contributed by atoms with van der Waals surface area (Å²) in [5, 5.41) is 20.7. The summed E-state index contributed by atoms with van der Waals surface area (Å²) in [6.07, 6.45) is 6.41. The van der Waals surface area contributed by atoms with Crippen LogP contribution in [0.2, 0.25) is 0 Å². The summed E-state index contributed by atoms with van der Waals surface area (Å²) in [6.45, 7) is 6.33. The van der Waals surface area contributed by atoms with Gasteiger partial charge >= 0.3 is 5.97 Å². The van der Waals surface area contributed by atoms with Crippen LogP contribution in [0, 0.1) is 19.7 Å². The second kappa shape index (κ2) is 11.0. The van der Waals surface area contributed by atoms with E-state index in [1.165, 1.54) is 12.1 Å². The van der Waals surface area contributed by atoms with Crippen molar-refractivity contribution in [2.24, 2.45) is 0 Å². The zero-order valence-electron chi connectivity index (χ0n) is 20.6. The molecule has 36 heavy (non-hydrogen) atoms. The van der Waals surface area contributed by atoms with E-state index in [1.54, 1.807) is 24.0 Å². The number of halogens is 1. The van der Waals surface area contributed by atoms with Gasteiger partial charge in [0, 0.05) is 36.6 Å². The van der Waals surface area contributed by atoms with Gasteiger partial charge in [0.1, 0.15) is 17.7 Å². The molecule has 0 aliphatic heterocycles. The molecule has 4 aromatic rings. The summed E-state index contributed by atoms with van der Waals surface area (Å²) in [5.41, 5.74) is 6.03. The van der Waals surface area contributed by atoms with Gasteiger partial charge in [-0.15, -0.1) is 0 Å². The van der Waals surface area contributed by atoms with Crippen molar-refractivity contribution < 1.29 is 14.3 Å². The number of nitrogens with one attached hydrogen (secondary N) is 2. The average Bonchev–Trinajstić information content (AvgIpc) is 3.33. The van der Waals surface area contributed by atoms with E-state index >= 15 is 0 Å². The molecule has 2 aromatic carbocycles. The van der Waals surface area contributed by atoms with E-state index in [-0.39, 0.29) is 12.2 Å². The molecule has 2 heterocycles. The first-order chi connectivity index (χ1) is 17.3. The van der Waals surface area contributed by atoms with Crippen LogP contribution in [-0.4, -0.2) is 31.9 Å². The van der Waals surface area contributed by atoms with Crippen LogP contribution >= 0.6 is 0 Å². The Morgan fingerprint density at radius 3 is 2.58 bits per heavy atom. The highest BCUT2D eigenvalue weighted by Gasteiger charge is 2.20. The number of anilines is 2. The van der Waals surface area contributed by atoms with E-state index < -0.39 is 12.0 Å². The number of hydrogen-bond donors (Lipinski definition) is 3. The standard InChI is InChI=1S/C28H30FN5O2/c1-4-22-14-23(29)12-19(3)27(22)33-25(28(35)36)13-20-5-7-24(8-6-20)34-17-21(16-32-34)15-31-26-11-18(2)9-10-30-26/h5-12,14,16-17,25,33H,4,13,15H2,1-3H3,(H,30,31)(H,35,36). The van der Waals surface area contributed by atoms with Gasteiger partial charge in [-0.3, -0.25) is 0 Å². The zero-order valence-corrected chi connectivity index (χ0v) is 20.6. The summed E-state index contributed by atoms with van der Waals surface area (Å²) in [4.78, 5) is 16.3. The number of aromatic nitrogens is 3. The fourth-order valence-electron chi connectivity index (χ4n) is 4.11. The highest BCUT2D eigenvalue weighted by atomic mass is 19.1. The Labute approximate surface area is 210 Å². The summed E-state index contributed by atoms with van der Waals surface area (Å²) in [7, 11) is 0. The van der Waals surface area contributed by atoms with Gasteiger partial charge in [-0.25, -0.2) is 18.9 Å². The van der Waals surface area contributed by atoms with E-state index in [9.17, 15) is 14.3 Å². The summed E-state index contributed by atoms with van der Waals surface area (Å²) >= 11 is 0. The normalized spacial score (nSPS) is 11.8. The number of aliphatic carboxylic acids is 1.